The van der Waals surface area contributed by atoms with Crippen molar-refractivity contribution >= 4 is 11.9 Å². The number of carbonyl (C=O) groups is 2. The number of nitrogens with zero attached hydrogens (tertiary/aromatic N) is 1. The molecule has 6 nitrogen and oxygen atoms in total. The summed E-state index contributed by atoms with van der Waals surface area (Å²) in [6.07, 6.45) is 1.14. The summed E-state index contributed by atoms with van der Waals surface area (Å²) < 4.78 is 6.67. The Bertz CT molecular complexity index is 605. The highest BCUT2D eigenvalue weighted by atomic mass is 16.4. The van der Waals surface area contributed by atoms with Gasteiger partial charge in [0.25, 0.3) is 0 Å². The Kier molecular flexibility index (Phi) is 3.41. The molecule has 0 aromatic carbocycles. The summed E-state index contributed by atoms with van der Waals surface area (Å²) in [5, 5.41) is 8.92. The van der Waals surface area contributed by atoms with E-state index in [9.17, 15) is 9.59 Å². The summed E-state index contributed by atoms with van der Waals surface area (Å²) >= 11 is 0. The number of amides is 1. The molecule has 0 bridgehead atoms. The van der Waals surface area contributed by atoms with Gasteiger partial charge in [0.05, 0.1) is 12.7 Å². The van der Waals surface area contributed by atoms with Crippen LogP contribution in [-0.2, 0) is 11.2 Å². The largest absolute Gasteiger partial charge is 0.478 e. The van der Waals surface area contributed by atoms with Crippen LogP contribution in [0.4, 0.5) is 0 Å². The maximum atomic E-state index is 11.9. The number of aryl methyl sites for hydroxylation is 2. The topological polar surface area (TPSA) is 84.5 Å². The number of carbonyl (C=O) groups excluding carboxylic acids is 1. The fourth-order valence-corrected chi connectivity index (χ4v) is 1.82. The Morgan fingerprint density at radius 2 is 1.89 bits per heavy atom. The molecule has 0 spiro atoms. The molecule has 0 unspecified atom stereocenters. The highest BCUT2D eigenvalue weighted by Crippen LogP contribution is 2.12. The lowest BCUT2D eigenvalue weighted by Gasteiger charge is -2.10. The van der Waals surface area contributed by atoms with Gasteiger partial charge in [-0.15, -0.1) is 0 Å². The van der Waals surface area contributed by atoms with E-state index in [1.807, 2.05) is 26.0 Å². The van der Waals surface area contributed by atoms with E-state index < -0.39 is 5.97 Å². The Morgan fingerprint density at radius 1 is 1.26 bits per heavy atom. The van der Waals surface area contributed by atoms with Crippen LogP contribution < -0.4 is 5.43 Å². The third-order valence-electron chi connectivity index (χ3n) is 2.80. The molecule has 0 aliphatic carbocycles. The van der Waals surface area contributed by atoms with Crippen molar-refractivity contribution in [1.82, 2.24) is 4.68 Å². The van der Waals surface area contributed by atoms with Crippen molar-refractivity contribution in [1.29, 1.82) is 0 Å². The van der Waals surface area contributed by atoms with Gasteiger partial charge >= 0.3 is 5.97 Å². The van der Waals surface area contributed by atoms with Crippen molar-refractivity contribution in [3.05, 3.63) is 47.2 Å². The van der Waals surface area contributed by atoms with E-state index in [-0.39, 0.29) is 23.7 Å². The van der Waals surface area contributed by atoms with Gasteiger partial charge < -0.3 is 9.52 Å². The van der Waals surface area contributed by atoms with Crippen LogP contribution in [0.25, 0.3) is 0 Å². The number of carboxylic acid groups (broad SMARTS) is 1. The Labute approximate surface area is 109 Å². The second kappa shape index (κ2) is 5.01. The van der Waals surface area contributed by atoms with Gasteiger partial charge in [0.2, 0.25) is 5.91 Å². The number of carboxylic acids is 1. The molecule has 0 aliphatic heterocycles. The van der Waals surface area contributed by atoms with Gasteiger partial charge in [0, 0.05) is 11.4 Å². The van der Waals surface area contributed by atoms with Crippen LogP contribution >= 0.6 is 0 Å². The molecule has 6 heteroatoms. The summed E-state index contributed by atoms with van der Waals surface area (Å²) in [7, 11) is 0. The lowest BCUT2D eigenvalue weighted by atomic mass is 10.2. The highest BCUT2D eigenvalue weighted by Gasteiger charge is 2.17. The third kappa shape index (κ3) is 2.67. The van der Waals surface area contributed by atoms with Crippen molar-refractivity contribution in [3.8, 4) is 0 Å². The Morgan fingerprint density at radius 3 is 2.47 bits per heavy atom. The number of rotatable bonds is 4. The zero-order valence-corrected chi connectivity index (χ0v) is 10.6. The first-order valence-electron chi connectivity index (χ1n) is 5.73. The number of hydrogen-bond donors (Lipinski definition) is 2. The first-order valence-corrected chi connectivity index (χ1v) is 5.73. The normalized spacial score (nSPS) is 10.4. The first kappa shape index (κ1) is 12.9. The SMILES string of the molecule is Cc1ccc(C)n1NC(=O)Cc1occc1C(=O)O. The van der Waals surface area contributed by atoms with Crippen LogP contribution in [0.5, 0.6) is 0 Å². The maximum absolute atomic E-state index is 11.9. The molecule has 2 N–H and O–H groups in total. The molecule has 2 aromatic heterocycles. The number of nitrogens with one attached hydrogen (secondary N) is 1. The predicted molar refractivity (Wildman–Crippen MR) is 67.6 cm³/mol. The molecular formula is C13H14N2O4. The summed E-state index contributed by atoms with van der Waals surface area (Å²) in [4.78, 5) is 22.8. The quantitative estimate of drug-likeness (QED) is 0.878. The predicted octanol–water partition coefficient (Wildman–Crippen LogP) is 1.71. The maximum Gasteiger partial charge on any atom is 0.339 e. The molecular weight excluding hydrogens is 248 g/mol. The summed E-state index contributed by atoms with van der Waals surface area (Å²) in [6.45, 7) is 3.73. The average molecular weight is 262 g/mol. The number of aromatic nitrogens is 1. The van der Waals surface area contributed by atoms with Gasteiger partial charge in [-0.05, 0) is 32.0 Å². The monoisotopic (exact) mass is 262 g/mol. The number of furan rings is 1. The van der Waals surface area contributed by atoms with E-state index in [0.29, 0.717) is 0 Å². The fourth-order valence-electron chi connectivity index (χ4n) is 1.82. The lowest BCUT2D eigenvalue weighted by Crippen LogP contribution is -2.26. The molecule has 0 saturated carbocycles. The van der Waals surface area contributed by atoms with Gasteiger partial charge in [0.15, 0.2) is 0 Å². The fraction of sp³-hybridized carbons (Fsp3) is 0.231. The molecule has 0 radical (unpaired) electrons. The smallest absolute Gasteiger partial charge is 0.339 e. The van der Waals surface area contributed by atoms with E-state index in [1.54, 1.807) is 4.68 Å². The minimum atomic E-state index is -1.11. The summed E-state index contributed by atoms with van der Waals surface area (Å²) in [5.41, 5.74) is 4.48. The van der Waals surface area contributed by atoms with E-state index in [1.165, 1.54) is 12.3 Å². The van der Waals surface area contributed by atoms with Crippen LogP contribution in [0, 0.1) is 13.8 Å². The molecule has 2 aromatic rings. The first-order chi connectivity index (χ1) is 8.99. The minimum absolute atomic E-state index is 0.0103. The average Bonchev–Trinajstić information content (AvgIpc) is 2.91. The molecule has 0 saturated heterocycles. The van der Waals surface area contributed by atoms with Crippen molar-refractivity contribution in [2.24, 2.45) is 0 Å². The zero-order valence-electron chi connectivity index (χ0n) is 10.6. The van der Waals surface area contributed by atoms with Crippen LogP contribution in [0.2, 0.25) is 0 Å². The second-order valence-electron chi connectivity index (χ2n) is 4.23. The van der Waals surface area contributed by atoms with Gasteiger partial charge in [-0.1, -0.05) is 0 Å². The van der Waals surface area contributed by atoms with Gasteiger partial charge in [-0.25, -0.2) is 4.79 Å². The highest BCUT2D eigenvalue weighted by molar-refractivity contribution is 5.92. The van der Waals surface area contributed by atoms with Crippen LogP contribution in [0.15, 0.2) is 28.9 Å². The van der Waals surface area contributed by atoms with Gasteiger partial charge in [-0.3, -0.25) is 14.9 Å². The third-order valence-corrected chi connectivity index (χ3v) is 2.80. The molecule has 0 fully saturated rings. The van der Waals surface area contributed by atoms with Gasteiger partial charge in [0.1, 0.15) is 11.3 Å². The Balaban J connectivity index is 2.10. The molecule has 2 heterocycles. The molecule has 2 rings (SSSR count). The lowest BCUT2D eigenvalue weighted by molar-refractivity contribution is -0.116. The van der Waals surface area contributed by atoms with Crippen molar-refractivity contribution < 1.29 is 19.1 Å². The van der Waals surface area contributed by atoms with E-state index in [4.69, 9.17) is 9.52 Å². The standard InChI is InChI=1S/C13H14N2O4/c1-8-3-4-9(2)15(8)14-12(16)7-11-10(13(17)18)5-6-19-11/h3-6H,7H2,1-2H3,(H,14,16)(H,17,18). The summed E-state index contributed by atoms with van der Waals surface area (Å²) in [6, 6.07) is 5.09. The second-order valence-corrected chi connectivity index (χ2v) is 4.23. The van der Waals surface area contributed by atoms with Crippen molar-refractivity contribution in [2.45, 2.75) is 20.3 Å². The minimum Gasteiger partial charge on any atom is -0.478 e. The van der Waals surface area contributed by atoms with Crippen LogP contribution in [0.1, 0.15) is 27.5 Å². The number of aromatic carboxylic acids is 1. The Hall–Kier alpha value is -2.50. The summed E-state index contributed by atoms with van der Waals surface area (Å²) in [5.74, 6) is -1.29. The van der Waals surface area contributed by atoms with E-state index in [0.717, 1.165) is 11.4 Å². The molecule has 0 atom stereocenters. The van der Waals surface area contributed by atoms with Crippen LogP contribution in [-0.4, -0.2) is 21.7 Å². The molecule has 0 aliphatic rings. The molecule has 1 amide bonds. The van der Waals surface area contributed by atoms with Crippen molar-refractivity contribution in [2.75, 3.05) is 5.43 Å². The molecule has 100 valence electrons. The molecule has 19 heavy (non-hydrogen) atoms. The number of hydrogen-bond acceptors (Lipinski definition) is 3. The van der Waals surface area contributed by atoms with Crippen molar-refractivity contribution in [3.63, 3.8) is 0 Å². The van der Waals surface area contributed by atoms with E-state index in [2.05, 4.69) is 5.43 Å². The van der Waals surface area contributed by atoms with E-state index >= 15 is 0 Å². The van der Waals surface area contributed by atoms with Crippen LogP contribution in [0.3, 0.4) is 0 Å². The van der Waals surface area contributed by atoms with Gasteiger partial charge in [-0.2, -0.15) is 0 Å². The zero-order chi connectivity index (χ0) is 14.0.